The van der Waals surface area contributed by atoms with Crippen LogP contribution in [0.2, 0.25) is 0 Å². The number of para-hydroxylation sites is 1. The van der Waals surface area contributed by atoms with Gasteiger partial charge >= 0.3 is 12.0 Å². The second-order valence-corrected chi connectivity index (χ2v) is 7.24. The third-order valence-electron chi connectivity index (χ3n) is 5.58. The van der Waals surface area contributed by atoms with E-state index in [4.69, 9.17) is 4.74 Å². The first-order valence-electron chi connectivity index (χ1n) is 9.60. The first-order chi connectivity index (χ1) is 14.3. The molecule has 3 aliphatic heterocycles. The van der Waals surface area contributed by atoms with Gasteiger partial charge in [0.15, 0.2) is 12.2 Å². The number of urea groups is 1. The van der Waals surface area contributed by atoms with Crippen molar-refractivity contribution in [3.05, 3.63) is 41.5 Å². The van der Waals surface area contributed by atoms with Crippen LogP contribution in [0.4, 0.5) is 14.9 Å². The van der Waals surface area contributed by atoms with Gasteiger partial charge in [-0.25, -0.2) is 14.2 Å². The fourth-order valence-electron chi connectivity index (χ4n) is 4.02. The molecule has 30 heavy (non-hydrogen) atoms. The quantitative estimate of drug-likeness (QED) is 0.696. The van der Waals surface area contributed by atoms with E-state index in [0.29, 0.717) is 11.6 Å². The summed E-state index contributed by atoms with van der Waals surface area (Å²) in [6.45, 7) is 4.95. The molecule has 0 saturated carbocycles. The molecule has 2 atom stereocenters. The van der Waals surface area contributed by atoms with Gasteiger partial charge in [-0.2, -0.15) is 0 Å². The molecule has 10 heteroatoms. The van der Waals surface area contributed by atoms with Crippen molar-refractivity contribution < 1.29 is 23.5 Å². The Labute approximate surface area is 173 Å². The molecule has 1 aromatic carbocycles. The summed E-state index contributed by atoms with van der Waals surface area (Å²) >= 11 is 0. The number of anilines is 1. The summed E-state index contributed by atoms with van der Waals surface area (Å²) in [6, 6.07) is 4.82. The van der Waals surface area contributed by atoms with E-state index in [0.717, 1.165) is 16.3 Å². The number of benzene rings is 1. The molecule has 3 amide bonds. The van der Waals surface area contributed by atoms with E-state index in [1.165, 1.54) is 18.0 Å². The average Bonchev–Trinajstić information content (AvgIpc) is 3.21. The van der Waals surface area contributed by atoms with Crippen LogP contribution in [0.1, 0.15) is 20.8 Å². The lowest BCUT2D eigenvalue weighted by molar-refractivity contribution is -0.150. The van der Waals surface area contributed by atoms with Crippen molar-refractivity contribution in [1.82, 2.24) is 14.7 Å². The van der Waals surface area contributed by atoms with Gasteiger partial charge in [0, 0.05) is 18.4 Å². The lowest BCUT2D eigenvalue weighted by Crippen LogP contribution is -2.65. The summed E-state index contributed by atoms with van der Waals surface area (Å²) < 4.78 is 19.4. The summed E-state index contributed by atoms with van der Waals surface area (Å²) in [5.41, 5.74) is 1.75. The number of esters is 1. The van der Waals surface area contributed by atoms with E-state index in [1.807, 2.05) is 13.8 Å². The molecule has 1 aromatic rings. The number of amides is 3. The van der Waals surface area contributed by atoms with Crippen LogP contribution in [0.3, 0.4) is 0 Å². The van der Waals surface area contributed by atoms with E-state index in [9.17, 15) is 18.8 Å². The number of guanidine groups is 1. The summed E-state index contributed by atoms with van der Waals surface area (Å²) in [7, 11) is 1.52. The number of hydrogen-bond donors (Lipinski definition) is 0. The summed E-state index contributed by atoms with van der Waals surface area (Å²) in [5, 5.41) is 0. The number of aliphatic imine (C=N–C) groups is 1. The standard InChI is InChI=1S/C20H22FN5O4/c1-5-30-15(27)10-24-18(28)16-17(23(4)20(24)29)22-19-25(11(2)12(3)26(16)19)14-9-7-6-8-13(14)21/h6-9,16-17H,5,10H2,1-4H3. The molecule has 3 aliphatic rings. The van der Waals surface area contributed by atoms with E-state index in [-0.39, 0.29) is 6.61 Å². The molecule has 0 N–H and O–H groups in total. The number of carbonyl (C=O) groups is 3. The predicted octanol–water partition coefficient (Wildman–Crippen LogP) is 1.72. The molecule has 158 valence electrons. The maximum Gasteiger partial charge on any atom is 0.328 e. The van der Waals surface area contributed by atoms with Crippen LogP contribution in [-0.2, 0) is 14.3 Å². The third-order valence-corrected chi connectivity index (χ3v) is 5.58. The number of nitrogens with zero attached hydrogens (tertiary/aromatic N) is 5. The van der Waals surface area contributed by atoms with Gasteiger partial charge in [0.05, 0.1) is 12.3 Å². The molecular weight excluding hydrogens is 393 g/mol. The average molecular weight is 415 g/mol. The van der Waals surface area contributed by atoms with Crippen molar-refractivity contribution in [3.63, 3.8) is 0 Å². The zero-order valence-electron chi connectivity index (χ0n) is 17.1. The summed E-state index contributed by atoms with van der Waals surface area (Å²) in [5.74, 6) is -1.26. The van der Waals surface area contributed by atoms with Crippen molar-refractivity contribution in [2.75, 3.05) is 25.1 Å². The molecule has 3 heterocycles. The molecule has 0 spiro atoms. The van der Waals surface area contributed by atoms with Crippen LogP contribution >= 0.6 is 0 Å². The smallest absolute Gasteiger partial charge is 0.328 e. The molecule has 2 unspecified atom stereocenters. The predicted molar refractivity (Wildman–Crippen MR) is 106 cm³/mol. The van der Waals surface area contributed by atoms with Crippen LogP contribution in [0, 0.1) is 5.82 Å². The highest BCUT2D eigenvalue weighted by Crippen LogP contribution is 2.40. The normalized spacial score (nSPS) is 23.2. The molecule has 0 aliphatic carbocycles. The number of ether oxygens (including phenoxy) is 1. The largest absolute Gasteiger partial charge is 0.465 e. The SMILES string of the molecule is CCOC(=O)CN1C(=O)C2C(N=C3N(c4ccccc4F)C(C)=C(C)N32)N(C)C1=O. The molecule has 1 saturated heterocycles. The van der Waals surface area contributed by atoms with Crippen LogP contribution in [0.15, 0.2) is 40.7 Å². The van der Waals surface area contributed by atoms with E-state index >= 15 is 0 Å². The monoisotopic (exact) mass is 415 g/mol. The Kier molecular flexibility index (Phi) is 4.71. The Bertz CT molecular complexity index is 1010. The Morgan fingerprint density at radius 1 is 1.20 bits per heavy atom. The van der Waals surface area contributed by atoms with E-state index in [2.05, 4.69) is 4.99 Å². The van der Waals surface area contributed by atoms with Crippen molar-refractivity contribution >= 4 is 29.6 Å². The highest BCUT2D eigenvalue weighted by atomic mass is 19.1. The zero-order valence-corrected chi connectivity index (χ0v) is 17.1. The van der Waals surface area contributed by atoms with Gasteiger partial charge in [-0.05, 0) is 32.9 Å². The van der Waals surface area contributed by atoms with Crippen molar-refractivity contribution in [1.29, 1.82) is 0 Å². The Morgan fingerprint density at radius 2 is 1.90 bits per heavy atom. The molecular formula is C20H22FN5O4. The maximum absolute atomic E-state index is 14.5. The second-order valence-electron chi connectivity index (χ2n) is 7.24. The lowest BCUT2D eigenvalue weighted by Gasteiger charge is -2.40. The summed E-state index contributed by atoms with van der Waals surface area (Å²) in [6.07, 6.45) is -0.782. The lowest BCUT2D eigenvalue weighted by atomic mass is 10.1. The minimum atomic E-state index is -0.844. The molecule has 0 radical (unpaired) electrons. The molecule has 9 nitrogen and oxygen atoms in total. The van der Waals surface area contributed by atoms with Crippen LogP contribution < -0.4 is 4.90 Å². The first-order valence-corrected chi connectivity index (χ1v) is 9.60. The van der Waals surface area contributed by atoms with Crippen molar-refractivity contribution in [2.45, 2.75) is 33.0 Å². The van der Waals surface area contributed by atoms with Gasteiger partial charge in [0.1, 0.15) is 12.4 Å². The number of imide groups is 1. The van der Waals surface area contributed by atoms with Gasteiger partial charge in [-0.1, -0.05) is 12.1 Å². The number of fused-ring (bicyclic) bond motifs is 3. The van der Waals surface area contributed by atoms with Gasteiger partial charge in [0.2, 0.25) is 5.96 Å². The van der Waals surface area contributed by atoms with E-state index in [1.54, 1.807) is 34.9 Å². The van der Waals surface area contributed by atoms with Crippen molar-refractivity contribution in [2.24, 2.45) is 4.99 Å². The van der Waals surface area contributed by atoms with Gasteiger partial charge < -0.3 is 9.64 Å². The topological polar surface area (TPSA) is 85.8 Å². The Hall–Kier alpha value is -3.43. The minimum Gasteiger partial charge on any atom is -0.465 e. The fourth-order valence-corrected chi connectivity index (χ4v) is 4.02. The highest BCUT2D eigenvalue weighted by molar-refractivity contribution is 6.11. The zero-order chi connectivity index (χ0) is 21.7. The van der Waals surface area contributed by atoms with E-state index < -0.39 is 42.5 Å². The number of hydrogen-bond acceptors (Lipinski definition) is 7. The number of halogens is 1. The number of likely N-dealkylation sites (N-methyl/N-ethyl adjacent to an activating group) is 1. The van der Waals surface area contributed by atoms with Gasteiger partial charge in [-0.15, -0.1) is 0 Å². The van der Waals surface area contributed by atoms with Gasteiger partial charge in [0.25, 0.3) is 5.91 Å². The Morgan fingerprint density at radius 3 is 2.57 bits per heavy atom. The summed E-state index contributed by atoms with van der Waals surface area (Å²) in [4.78, 5) is 48.1. The molecule has 1 fully saturated rings. The van der Waals surface area contributed by atoms with Crippen LogP contribution in [0.5, 0.6) is 0 Å². The van der Waals surface area contributed by atoms with Gasteiger partial charge in [-0.3, -0.25) is 24.3 Å². The molecule has 4 rings (SSSR count). The van der Waals surface area contributed by atoms with Crippen LogP contribution in [0.25, 0.3) is 0 Å². The first kappa shape index (κ1) is 19.9. The Balaban J connectivity index is 1.72. The second kappa shape index (κ2) is 7.12. The highest BCUT2D eigenvalue weighted by Gasteiger charge is 2.56. The fraction of sp³-hybridized carbons (Fsp3) is 0.400. The van der Waals surface area contributed by atoms with Crippen molar-refractivity contribution in [3.8, 4) is 0 Å². The van der Waals surface area contributed by atoms with Crippen LogP contribution in [-0.4, -0.2) is 71.0 Å². The maximum atomic E-state index is 14.5. The minimum absolute atomic E-state index is 0.148. The third kappa shape index (κ3) is 2.74. The number of carbonyl (C=O) groups excluding carboxylic acids is 3. The number of rotatable bonds is 4. The number of allylic oxidation sites excluding steroid dienone is 2. The molecule has 0 bridgehead atoms. The molecule has 0 aromatic heterocycles.